The van der Waals surface area contributed by atoms with Gasteiger partial charge in [0.2, 0.25) is 0 Å². The molecule has 122 valence electrons. The molecule has 0 saturated carbocycles. The van der Waals surface area contributed by atoms with Crippen LogP contribution in [0.3, 0.4) is 0 Å². The lowest BCUT2D eigenvalue weighted by Crippen LogP contribution is -2.31. The molecule has 2 aromatic rings. The summed E-state index contributed by atoms with van der Waals surface area (Å²) in [5.41, 5.74) is 8.60. The average Bonchev–Trinajstić information content (AvgIpc) is 3.12. The van der Waals surface area contributed by atoms with Crippen molar-refractivity contribution in [3.8, 4) is 5.75 Å². The zero-order valence-electron chi connectivity index (χ0n) is 13.7. The van der Waals surface area contributed by atoms with E-state index >= 15 is 0 Å². The zero-order chi connectivity index (χ0) is 15.9. The topological polar surface area (TPSA) is 38.5 Å². The van der Waals surface area contributed by atoms with Gasteiger partial charge in [-0.1, -0.05) is 42.5 Å². The molecule has 1 atom stereocenters. The van der Waals surface area contributed by atoms with E-state index in [1.54, 1.807) is 0 Å². The molecule has 3 rings (SSSR count). The third kappa shape index (κ3) is 4.34. The molecule has 23 heavy (non-hydrogen) atoms. The molecule has 2 N–H and O–H groups in total. The first-order valence-electron chi connectivity index (χ1n) is 8.57. The standard InChI is InChI=1S/C20H26N2O/c21-16-20(22-13-4-5-14-22)18-8-10-19(11-9-18)23-15-12-17-6-2-1-3-7-17/h1-3,6-11,20H,4-5,12-16,21H2. The van der Waals surface area contributed by atoms with Crippen molar-refractivity contribution in [1.29, 1.82) is 0 Å². The van der Waals surface area contributed by atoms with E-state index < -0.39 is 0 Å². The summed E-state index contributed by atoms with van der Waals surface area (Å²) in [5.74, 6) is 0.932. The van der Waals surface area contributed by atoms with Gasteiger partial charge in [0.15, 0.2) is 0 Å². The summed E-state index contributed by atoms with van der Waals surface area (Å²) < 4.78 is 5.86. The van der Waals surface area contributed by atoms with Crippen LogP contribution in [-0.4, -0.2) is 31.1 Å². The summed E-state index contributed by atoms with van der Waals surface area (Å²) in [6.45, 7) is 3.71. The molecule has 1 aliphatic heterocycles. The van der Waals surface area contributed by atoms with Gasteiger partial charge < -0.3 is 10.5 Å². The summed E-state index contributed by atoms with van der Waals surface area (Å²) in [7, 11) is 0. The molecule has 1 saturated heterocycles. The van der Waals surface area contributed by atoms with Crippen molar-refractivity contribution in [2.45, 2.75) is 25.3 Å². The largest absolute Gasteiger partial charge is 0.493 e. The van der Waals surface area contributed by atoms with Gasteiger partial charge in [-0.15, -0.1) is 0 Å². The molecule has 3 heteroatoms. The Morgan fingerprint density at radius 2 is 1.65 bits per heavy atom. The number of hydrogen-bond acceptors (Lipinski definition) is 3. The predicted octanol–water partition coefficient (Wildman–Crippen LogP) is 3.40. The van der Waals surface area contributed by atoms with Crippen LogP contribution in [0.25, 0.3) is 0 Å². The number of nitrogens with two attached hydrogens (primary N) is 1. The first kappa shape index (κ1) is 16.0. The highest BCUT2D eigenvalue weighted by atomic mass is 16.5. The van der Waals surface area contributed by atoms with Gasteiger partial charge in [0.25, 0.3) is 0 Å². The molecule has 0 aliphatic carbocycles. The second kappa shape index (κ2) is 8.14. The minimum Gasteiger partial charge on any atom is -0.493 e. The fourth-order valence-corrected chi connectivity index (χ4v) is 3.27. The van der Waals surface area contributed by atoms with Gasteiger partial charge >= 0.3 is 0 Å². The normalized spacial score (nSPS) is 16.4. The van der Waals surface area contributed by atoms with Crippen molar-refractivity contribution in [2.75, 3.05) is 26.2 Å². The molecule has 1 heterocycles. The molecule has 3 nitrogen and oxygen atoms in total. The van der Waals surface area contributed by atoms with Crippen LogP contribution in [-0.2, 0) is 6.42 Å². The van der Waals surface area contributed by atoms with Gasteiger partial charge in [-0.2, -0.15) is 0 Å². The van der Waals surface area contributed by atoms with E-state index in [0.717, 1.165) is 25.3 Å². The Balaban J connectivity index is 1.54. The molecule has 1 aliphatic rings. The van der Waals surface area contributed by atoms with Gasteiger partial charge in [0.05, 0.1) is 6.61 Å². The van der Waals surface area contributed by atoms with E-state index in [9.17, 15) is 0 Å². The highest BCUT2D eigenvalue weighted by Crippen LogP contribution is 2.25. The number of hydrogen-bond donors (Lipinski definition) is 1. The third-order valence-electron chi connectivity index (χ3n) is 4.57. The predicted molar refractivity (Wildman–Crippen MR) is 94.7 cm³/mol. The van der Waals surface area contributed by atoms with Gasteiger partial charge in [-0.3, -0.25) is 4.90 Å². The second-order valence-electron chi connectivity index (χ2n) is 6.15. The smallest absolute Gasteiger partial charge is 0.119 e. The van der Waals surface area contributed by atoms with Crippen molar-refractivity contribution >= 4 is 0 Å². The van der Waals surface area contributed by atoms with Crippen LogP contribution in [0.5, 0.6) is 5.75 Å². The molecule has 0 amide bonds. The van der Waals surface area contributed by atoms with Gasteiger partial charge in [-0.05, 0) is 49.2 Å². The van der Waals surface area contributed by atoms with Crippen LogP contribution in [0, 0.1) is 0 Å². The molecule has 1 fully saturated rings. The lowest BCUT2D eigenvalue weighted by Gasteiger charge is -2.26. The maximum atomic E-state index is 5.99. The van der Waals surface area contributed by atoms with E-state index in [1.165, 1.54) is 24.0 Å². The van der Waals surface area contributed by atoms with E-state index in [4.69, 9.17) is 10.5 Å². The maximum absolute atomic E-state index is 5.99. The van der Waals surface area contributed by atoms with E-state index in [1.807, 2.05) is 6.07 Å². The van der Waals surface area contributed by atoms with E-state index in [0.29, 0.717) is 19.2 Å². The second-order valence-corrected chi connectivity index (χ2v) is 6.15. The van der Waals surface area contributed by atoms with Crippen molar-refractivity contribution in [1.82, 2.24) is 4.90 Å². The summed E-state index contributed by atoms with van der Waals surface area (Å²) in [6.07, 6.45) is 3.51. The summed E-state index contributed by atoms with van der Waals surface area (Å²) in [5, 5.41) is 0. The number of likely N-dealkylation sites (tertiary alicyclic amines) is 1. The van der Waals surface area contributed by atoms with Crippen molar-refractivity contribution in [3.05, 3.63) is 65.7 Å². The van der Waals surface area contributed by atoms with Crippen molar-refractivity contribution in [3.63, 3.8) is 0 Å². The van der Waals surface area contributed by atoms with Crippen LogP contribution < -0.4 is 10.5 Å². The lowest BCUT2D eigenvalue weighted by atomic mass is 10.1. The Morgan fingerprint density at radius 3 is 2.30 bits per heavy atom. The Bertz CT molecular complexity index is 576. The van der Waals surface area contributed by atoms with Gasteiger partial charge in [0, 0.05) is 19.0 Å². The number of nitrogens with zero attached hydrogens (tertiary/aromatic N) is 1. The summed E-state index contributed by atoms with van der Waals surface area (Å²) in [6, 6.07) is 19.2. The Kier molecular flexibility index (Phi) is 5.67. The molecule has 0 aromatic heterocycles. The highest BCUT2D eigenvalue weighted by molar-refractivity contribution is 5.29. The van der Waals surface area contributed by atoms with Crippen molar-refractivity contribution < 1.29 is 4.74 Å². The number of benzene rings is 2. The van der Waals surface area contributed by atoms with Crippen LogP contribution in [0.4, 0.5) is 0 Å². The molecular formula is C20H26N2O. The Hall–Kier alpha value is -1.84. The van der Waals surface area contributed by atoms with E-state index in [2.05, 4.69) is 53.4 Å². The quantitative estimate of drug-likeness (QED) is 0.852. The lowest BCUT2D eigenvalue weighted by molar-refractivity contribution is 0.251. The minimum atomic E-state index is 0.343. The molecule has 0 radical (unpaired) electrons. The van der Waals surface area contributed by atoms with Gasteiger partial charge in [0.1, 0.15) is 5.75 Å². The SMILES string of the molecule is NCC(c1ccc(OCCc2ccccc2)cc1)N1CCCC1. The Labute approximate surface area is 139 Å². The van der Waals surface area contributed by atoms with Gasteiger partial charge in [-0.25, -0.2) is 0 Å². The monoisotopic (exact) mass is 310 g/mol. The first-order valence-corrected chi connectivity index (χ1v) is 8.57. The molecule has 1 unspecified atom stereocenters. The van der Waals surface area contributed by atoms with Crippen LogP contribution >= 0.6 is 0 Å². The number of rotatable bonds is 7. The minimum absolute atomic E-state index is 0.343. The van der Waals surface area contributed by atoms with Crippen LogP contribution in [0.15, 0.2) is 54.6 Å². The summed E-state index contributed by atoms with van der Waals surface area (Å²) in [4.78, 5) is 2.49. The molecule has 0 spiro atoms. The molecule has 2 aromatic carbocycles. The highest BCUT2D eigenvalue weighted by Gasteiger charge is 2.21. The maximum Gasteiger partial charge on any atom is 0.119 e. The summed E-state index contributed by atoms with van der Waals surface area (Å²) >= 11 is 0. The molecule has 0 bridgehead atoms. The fraction of sp³-hybridized carbons (Fsp3) is 0.400. The van der Waals surface area contributed by atoms with Crippen LogP contribution in [0.1, 0.15) is 30.0 Å². The number of ether oxygens (including phenoxy) is 1. The fourth-order valence-electron chi connectivity index (χ4n) is 3.27. The zero-order valence-corrected chi connectivity index (χ0v) is 13.7. The van der Waals surface area contributed by atoms with Crippen molar-refractivity contribution in [2.24, 2.45) is 5.73 Å². The van der Waals surface area contributed by atoms with Crippen LogP contribution in [0.2, 0.25) is 0 Å². The Morgan fingerprint density at radius 1 is 0.957 bits per heavy atom. The molecular weight excluding hydrogens is 284 g/mol. The van der Waals surface area contributed by atoms with E-state index in [-0.39, 0.29) is 0 Å². The average molecular weight is 310 g/mol. The first-order chi connectivity index (χ1) is 11.4. The third-order valence-corrected chi connectivity index (χ3v) is 4.57.